The molecule has 1 saturated heterocycles. The monoisotopic (exact) mass is 336 g/mol. The molecular weight excluding hydrogens is 320 g/mol. The van der Waals surface area contributed by atoms with E-state index in [1.54, 1.807) is 42.5 Å². The third kappa shape index (κ3) is 3.16. The summed E-state index contributed by atoms with van der Waals surface area (Å²) in [7, 11) is 0. The highest BCUT2D eigenvalue weighted by molar-refractivity contribution is 5.94. The van der Waals surface area contributed by atoms with Gasteiger partial charge in [-0.15, -0.1) is 0 Å². The number of para-hydroxylation sites is 1. The largest absolute Gasteiger partial charge is 0.403 e. The van der Waals surface area contributed by atoms with Gasteiger partial charge in [-0.2, -0.15) is 0 Å². The SMILES string of the molecule is O=C(Nc1ccc(-c2nc3ccccc3c(=O)o2)cc1)C1CCCO1. The number of nitrogens with zero attached hydrogens (tertiary/aromatic N) is 1. The summed E-state index contributed by atoms with van der Waals surface area (Å²) in [6.45, 7) is 0.629. The smallest absolute Gasteiger partial charge is 0.347 e. The second-order valence-electron chi connectivity index (χ2n) is 5.89. The molecule has 1 fully saturated rings. The van der Waals surface area contributed by atoms with Gasteiger partial charge >= 0.3 is 5.63 Å². The van der Waals surface area contributed by atoms with Crippen molar-refractivity contribution in [3.63, 3.8) is 0 Å². The summed E-state index contributed by atoms with van der Waals surface area (Å²) >= 11 is 0. The molecule has 1 amide bonds. The molecule has 6 heteroatoms. The van der Waals surface area contributed by atoms with E-state index in [1.165, 1.54) is 0 Å². The fourth-order valence-electron chi connectivity index (χ4n) is 2.85. The lowest BCUT2D eigenvalue weighted by molar-refractivity contribution is -0.124. The number of benzene rings is 2. The zero-order valence-corrected chi connectivity index (χ0v) is 13.4. The van der Waals surface area contributed by atoms with Crippen LogP contribution in [-0.4, -0.2) is 23.6 Å². The predicted molar refractivity (Wildman–Crippen MR) is 93.3 cm³/mol. The molecule has 0 spiro atoms. The van der Waals surface area contributed by atoms with Gasteiger partial charge in [0.05, 0.1) is 10.9 Å². The van der Waals surface area contributed by atoms with Crippen LogP contribution in [0.4, 0.5) is 5.69 Å². The Hall–Kier alpha value is -2.99. The molecule has 2 aromatic carbocycles. The summed E-state index contributed by atoms with van der Waals surface area (Å²) in [6, 6.07) is 14.1. The third-order valence-electron chi connectivity index (χ3n) is 4.16. The van der Waals surface area contributed by atoms with Crippen molar-refractivity contribution >= 4 is 22.5 Å². The molecule has 0 aliphatic carbocycles. The topological polar surface area (TPSA) is 81.4 Å². The summed E-state index contributed by atoms with van der Waals surface area (Å²) in [5, 5.41) is 3.28. The minimum absolute atomic E-state index is 0.138. The summed E-state index contributed by atoms with van der Waals surface area (Å²) in [6.07, 6.45) is 1.28. The molecule has 1 N–H and O–H groups in total. The van der Waals surface area contributed by atoms with Crippen molar-refractivity contribution in [3.05, 3.63) is 59.0 Å². The zero-order valence-electron chi connectivity index (χ0n) is 13.4. The van der Waals surface area contributed by atoms with Gasteiger partial charge in [-0.1, -0.05) is 12.1 Å². The molecule has 25 heavy (non-hydrogen) atoms. The molecule has 0 radical (unpaired) electrons. The van der Waals surface area contributed by atoms with E-state index in [-0.39, 0.29) is 17.9 Å². The van der Waals surface area contributed by atoms with Gasteiger partial charge in [0.25, 0.3) is 5.91 Å². The highest BCUT2D eigenvalue weighted by atomic mass is 16.5. The molecule has 4 rings (SSSR count). The molecule has 1 unspecified atom stereocenters. The van der Waals surface area contributed by atoms with Gasteiger partial charge in [0.2, 0.25) is 5.89 Å². The summed E-state index contributed by atoms with van der Waals surface area (Å²) < 4.78 is 10.7. The van der Waals surface area contributed by atoms with Crippen molar-refractivity contribution in [3.8, 4) is 11.5 Å². The van der Waals surface area contributed by atoms with Crippen molar-refractivity contribution in [1.29, 1.82) is 0 Å². The minimum atomic E-state index is -0.420. The lowest BCUT2D eigenvalue weighted by Crippen LogP contribution is -2.26. The number of carbonyl (C=O) groups is 1. The number of nitrogens with one attached hydrogen (secondary N) is 1. The number of carbonyl (C=O) groups excluding carboxylic acids is 1. The molecule has 1 aliphatic rings. The Morgan fingerprint density at radius 1 is 1.12 bits per heavy atom. The van der Waals surface area contributed by atoms with Crippen LogP contribution in [0.25, 0.3) is 22.4 Å². The minimum Gasteiger partial charge on any atom is -0.403 e. The normalized spacial score (nSPS) is 16.9. The fourth-order valence-corrected chi connectivity index (χ4v) is 2.85. The first-order valence-corrected chi connectivity index (χ1v) is 8.13. The van der Waals surface area contributed by atoms with Gasteiger partial charge in [-0.25, -0.2) is 9.78 Å². The molecule has 0 saturated carbocycles. The van der Waals surface area contributed by atoms with Crippen molar-refractivity contribution in [2.24, 2.45) is 0 Å². The zero-order chi connectivity index (χ0) is 17.2. The molecule has 6 nitrogen and oxygen atoms in total. The first-order chi connectivity index (χ1) is 12.2. The van der Waals surface area contributed by atoms with Gasteiger partial charge in [-0.05, 0) is 49.2 Å². The van der Waals surface area contributed by atoms with Crippen LogP contribution in [-0.2, 0) is 9.53 Å². The number of aromatic nitrogens is 1. The molecule has 1 aromatic heterocycles. The van der Waals surface area contributed by atoms with E-state index in [0.717, 1.165) is 12.8 Å². The van der Waals surface area contributed by atoms with E-state index in [1.807, 2.05) is 6.07 Å². The maximum absolute atomic E-state index is 12.1. The van der Waals surface area contributed by atoms with Crippen molar-refractivity contribution < 1.29 is 13.9 Å². The maximum Gasteiger partial charge on any atom is 0.347 e. The van der Waals surface area contributed by atoms with Gasteiger partial charge in [-0.3, -0.25) is 4.79 Å². The van der Waals surface area contributed by atoms with Crippen molar-refractivity contribution in [2.45, 2.75) is 18.9 Å². The number of amides is 1. The van der Waals surface area contributed by atoms with Gasteiger partial charge in [0, 0.05) is 17.9 Å². The standard InChI is InChI=1S/C19H16N2O4/c22-17(16-6-3-11-24-16)20-13-9-7-12(8-10-13)18-21-15-5-2-1-4-14(15)19(23)25-18/h1-2,4-5,7-10,16H,3,6,11H2,(H,20,22). The Labute approximate surface area is 143 Å². The van der Waals surface area contributed by atoms with Crippen molar-refractivity contribution in [2.75, 3.05) is 11.9 Å². The average molecular weight is 336 g/mol. The van der Waals surface area contributed by atoms with Crippen LogP contribution in [0.5, 0.6) is 0 Å². The second-order valence-corrected chi connectivity index (χ2v) is 5.89. The molecule has 3 aromatic rings. The van der Waals surface area contributed by atoms with Crippen LogP contribution >= 0.6 is 0 Å². The maximum atomic E-state index is 12.1. The molecule has 126 valence electrons. The first kappa shape index (κ1) is 15.5. The second kappa shape index (κ2) is 6.49. The molecule has 0 bridgehead atoms. The van der Waals surface area contributed by atoms with E-state index >= 15 is 0 Å². The summed E-state index contributed by atoms with van der Waals surface area (Å²) in [5.41, 5.74) is 1.49. The first-order valence-electron chi connectivity index (χ1n) is 8.13. The quantitative estimate of drug-likeness (QED) is 0.795. The number of anilines is 1. The van der Waals surface area contributed by atoms with E-state index < -0.39 is 5.63 Å². The number of rotatable bonds is 3. The van der Waals surface area contributed by atoms with Gasteiger partial charge in [0.15, 0.2) is 0 Å². The lowest BCUT2D eigenvalue weighted by atomic mass is 10.2. The van der Waals surface area contributed by atoms with E-state index in [4.69, 9.17) is 9.15 Å². The fraction of sp³-hybridized carbons (Fsp3) is 0.211. The Kier molecular flexibility index (Phi) is 4.03. The Balaban J connectivity index is 1.57. The molecule has 2 heterocycles. The van der Waals surface area contributed by atoms with E-state index in [0.29, 0.717) is 28.8 Å². The average Bonchev–Trinajstić information content (AvgIpc) is 3.17. The van der Waals surface area contributed by atoms with Gasteiger partial charge < -0.3 is 14.5 Å². The lowest BCUT2D eigenvalue weighted by Gasteiger charge is -2.10. The van der Waals surface area contributed by atoms with Crippen LogP contribution < -0.4 is 10.9 Å². The highest BCUT2D eigenvalue weighted by Gasteiger charge is 2.23. The number of hydrogen-bond donors (Lipinski definition) is 1. The summed E-state index contributed by atoms with van der Waals surface area (Å²) in [4.78, 5) is 28.5. The molecule has 1 aliphatic heterocycles. The molecule has 1 atom stereocenters. The van der Waals surface area contributed by atoms with Crippen molar-refractivity contribution in [1.82, 2.24) is 4.98 Å². The predicted octanol–water partition coefficient (Wildman–Crippen LogP) is 2.97. The van der Waals surface area contributed by atoms with Crippen LogP contribution in [0, 0.1) is 0 Å². The number of ether oxygens (including phenoxy) is 1. The van der Waals surface area contributed by atoms with Gasteiger partial charge in [0.1, 0.15) is 6.10 Å². The molecular formula is C19H16N2O4. The van der Waals surface area contributed by atoms with E-state index in [2.05, 4.69) is 10.3 Å². The van der Waals surface area contributed by atoms with Crippen LogP contribution in [0.15, 0.2) is 57.7 Å². The number of hydrogen-bond acceptors (Lipinski definition) is 5. The summed E-state index contributed by atoms with van der Waals surface area (Å²) in [5.74, 6) is 0.112. The highest BCUT2D eigenvalue weighted by Crippen LogP contribution is 2.21. The third-order valence-corrected chi connectivity index (χ3v) is 4.16. The van der Waals surface area contributed by atoms with Crippen LogP contribution in [0.1, 0.15) is 12.8 Å². The Morgan fingerprint density at radius 3 is 2.68 bits per heavy atom. The van der Waals surface area contributed by atoms with Crippen LogP contribution in [0.3, 0.4) is 0 Å². The number of fused-ring (bicyclic) bond motifs is 1. The Bertz CT molecular complexity index is 973. The van der Waals surface area contributed by atoms with Crippen LogP contribution in [0.2, 0.25) is 0 Å². The van der Waals surface area contributed by atoms with E-state index in [9.17, 15) is 9.59 Å². The Morgan fingerprint density at radius 2 is 1.92 bits per heavy atom.